The molecule has 1 aliphatic rings. The van der Waals surface area contributed by atoms with Crippen LogP contribution in [0.5, 0.6) is 0 Å². The summed E-state index contributed by atoms with van der Waals surface area (Å²) in [6.45, 7) is 2.05. The molecular formula is C11H14N2OS. The highest BCUT2D eigenvalue weighted by molar-refractivity contribution is 7.80. The van der Waals surface area contributed by atoms with Gasteiger partial charge in [0.05, 0.1) is 6.10 Å². The molecule has 0 unspecified atom stereocenters. The van der Waals surface area contributed by atoms with Crippen LogP contribution in [-0.2, 0) is 6.54 Å². The molecule has 0 spiro atoms. The maximum Gasteiger partial charge on any atom is 0.169 e. The normalized spacial score (nSPS) is 15.9. The molecule has 0 aliphatic carbocycles. The van der Waals surface area contributed by atoms with Crippen molar-refractivity contribution in [3.8, 4) is 0 Å². The minimum atomic E-state index is -0.207. The number of aliphatic hydroxyl groups is 1. The van der Waals surface area contributed by atoms with Crippen LogP contribution in [0.25, 0.3) is 0 Å². The lowest BCUT2D eigenvalue weighted by Crippen LogP contribution is -2.56. The van der Waals surface area contributed by atoms with Gasteiger partial charge >= 0.3 is 0 Å². The summed E-state index contributed by atoms with van der Waals surface area (Å²) in [5.41, 5.74) is 1.21. The van der Waals surface area contributed by atoms with E-state index in [0.29, 0.717) is 13.1 Å². The Labute approximate surface area is 94.7 Å². The van der Waals surface area contributed by atoms with E-state index >= 15 is 0 Å². The predicted molar refractivity (Wildman–Crippen MR) is 63.5 cm³/mol. The van der Waals surface area contributed by atoms with E-state index in [2.05, 4.69) is 17.4 Å². The van der Waals surface area contributed by atoms with E-state index in [1.165, 1.54) is 5.56 Å². The molecule has 15 heavy (non-hydrogen) atoms. The number of nitrogens with zero attached hydrogens (tertiary/aromatic N) is 1. The van der Waals surface area contributed by atoms with Gasteiger partial charge in [0.1, 0.15) is 0 Å². The minimum Gasteiger partial charge on any atom is -0.389 e. The molecule has 1 aromatic carbocycles. The number of aliphatic hydroxyl groups excluding tert-OH is 1. The van der Waals surface area contributed by atoms with Crippen molar-refractivity contribution in [2.75, 3.05) is 13.1 Å². The van der Waals surface area contributed by atoms with Crippen LogP contribution >= 0.6 is 12.2 Å². The monoisotopic (exact) mass is 222 g/mol. The first-order chi connectivity index (χ1) is 7.25. The Hall–Kier alpha value is -1.13. The van der Waals surface area contributed by atoms with E-state index in [1.807, 2.05) is 23.1 Å². The number of nitrogens with one attached hydrogen (secondary N) is 1. The standard InChI is InChI=1S/C11H14N2OS/c14-10-7-13(8-10)11(15)12-6-9-4-2-1-3-5-9/h1-5,10,14H,6-8H2,(H,12,15). The largest absolute Gasteiger partial charge is 0.389 e. The van der Waals surface area contributed by atoms with Crippen molar-refractivity contribution in [1.82, 2.24) is 10.2 Å². The molecule has 0 amide bonds. The van der Waals surface area contributed by atoms with Gasteiger partial charge in [0.15, 0.2) is 5.11 Å². The summed E-state index contributed by atoms with van der Waals surface area (Å²) in [7, 11) is 0. The molecule has 1 heterocycles. The smallest absolute Gasteiger partial charge is 0.169 e. The Morgan fingerprint density at radius 3 is 2.67 bits per heavy atom. The van der Waals surface area contributed by atoms with Crippen LogP contribution < -0.4 is 5.32 Å². The van der Waals surface area contributed by atoms with E-state index in [0.717, 1.165) is 11.7 Å². The molecule has 3 nitrogen and oxygen atoms in total. The van der Waals surface area contributed by atoms with Gasteiger partial charge < -0.3 is 15.3 Å². The van der Waals surface area contributed by atoms with Crippen LogP contribution in [-0.4, -0.2) is 34.3 Å². The number of benzene rings is 1. The molecule has 0 radical (unpaired) electrons. The first kappa shape index (κ1) is 10.4. The molecule has 1 aromatic rings. The summed E-state index contributed by atoms with van der Waals surface area (Å²) < 4.78 is 0. The highest BCUT2D eigenvalue weighted by atomic mass is 32.1. The Morgan fingerprint density at radius 1 is 1.40 bits per heavy atom. The SMILES string of the molecule is OC1CN(C(=S)NCc2ccccc2)C1. The number of rotatable bonds is 2. The summed E-state index contributed by atoms with van der Waals surface area (Å²) in [6.07, 6.45) is -0.207. The van der Waals surface area contributed by atoms with Crippen LogP contribution in [0.4, 0.5) is 0 Å². The molecule has 1 saturated heterocycles. The fourth-order valence-electron chi connectivity index (χ4n) is 1.51. The number of hydrogen-bond donors (Lipinski definition) is 2. The lowest BCUT2D eigenvalue weighted by Gasteiger charge is -2.37. The second-order valence-electron chi connectivity index (χ2n) is 3.70. The van der Waals surface area contributed by atoms with Crippen LogP contribution in [0.1, 0.15) is 5.56 Å². The van der Waals surface area contributed by atoms with Crippen molar-refractivity contribution in [1.29, 1.82) is 0 Å². The summed E-state index contributed by atoms with van der Waals surface area (Å²) in [4.78, 5) is 1.96. The molecule has 0 bridgehead atoms. The van der Waals surface area contributed by atoms with Crippen molar-refractivity contribution in [2.45, 2.75) is 12.6 Å². The first-order valence-electron chi connectivity index (χ1n) is 5.00. The van der Waals surface area contributed by atoms with E-state index < -0.39 is 0 Å². The van der Waals surface area contributed by atoms with Gasteiger partial charge in [0.2, 0.25) is 0 Å². The average molecular weight is 222 g/mol. The minimum absolute atomic E-state index is 0.207. The first-order valence-corrected chi connectivity index (χ1v) is 5.41. The zero-order valence-corrected chi connectivity index (χ0v) is 9.20. The third-order valence-electron chi connectivity index (χ3n) is 2.44. The quantitative estimate of drug-likeness (QED) is 0.723. The number of β-amino-alcohol motifs (C(OH)–C–C–N with tert-alkyl or cyclic N) is 1. The average Bonchev–Trinajstić information content (AvgIpc) is 2.23. The summed E-state index contributed by atoms with van der Waals surface area (Å²) >= 11 is 5.18. The molecule has 2 N–H and O–H groups in total. The second-order valence-corrected chi connectivity index (χ2v) is 4.09. The number of thiocarbonyl (C=S) groups is 1. The number of hydrogen-bond acceptors (Lipinski definition) is 2. The molecule has 2 rings (SSSR count). The zero-order chi connectivity index (χ0) is 10.7. The van der Waals surface area contributed by atoms with Gasteiger partial charge in [-0.25, -0.2) is 0 Å². The summed E-state index contributed by atoms with van der Waals surface area (Å²) in [5, 5.41) is 13.0. The Balaban J connectivity index is 1.76. The maximum atomic E-state index is 9.12. The van der Waals surface area contributed by atoms with E-state index in [1.54, 1.807) is 0 Å². The zero-order valence-electron chi connectivity index (χ0n) is 8.39. The fourth-order valence-corrected chi connectivity index (χ4v) is 1.73. The molecule has 1 aliphatic heterocycles. The lowest BCUT2D eigenvalue weighted by atomic mass is 10.2. The van der Waals surface area contributed by atoms with Crippen LogP contribution in [0.15, 0.2) is 30.3 Å². The fraction of sp³-hybridized carbons (Fsp3) is 0.364. The lowest BCUT2D eigenvalue weighted by molar-refractivity contribution is 0.0461. The van der Waals surface area contributed by atoms with Gasteiger partial charge in [-0.05, 0) is 17.8 Å². The van der Waals surface area contributed by atoms with Crippen molar-refractivity contribution in [2.24, 2.45) is 0 Å². The van der Waals surface area contributed by atoms with Gasteiger partial charge in [0, 0.05) is 19.6 Å². The van der Waals surface area contributed by atoms with E-state index in [4.69, 9.17) is 17.3 Å². The molecule has 1 fully saturated rings. The van der Waals surface area contributed by atoms with Gasteiger partial charge in [-0.1, -0.05) is 30.3 Å². The van der Waals surface area contributed by atoms with Crippen LogP contribution in [0.2, 0.25) is 0 Å². The Kier molecular flexibility index (Phi) is 3.18. The molecular weight excluding hydrogens is 208 g/mol. The summed E-state index contributed by atoms with van der Waals surface area (Å²) in [6, 6.07) is 10.1. The van der Waals surface area contributed by atoms with Crippen molar-refractivity contribution < 1.29 is 5.11 Å². The van der Waals surface area contributed by atoms with Crippen molar-refractivity contribution in [3.05, 3.63) is 35.9 Å². The Bertz CT molecular complexity index is 336. The third-order valence-corrected chi connectivity index (χ3v) is 2.84. The van der Waals surface area contributed by atoms with Gasteiger partial charge in [-0.2, -0.15) is 0 Å². The van der Waals surface area contributed by atoms with E-state index in [9.17, 15) is 0 Å². The topological polar surface area (TPSA) is 35.5 Å². The highest BCUT2D eigenvalue weighted by Gasteiger charge is 2.25. The maximum absolute atomic E-state index is 9.12. The molecule has 0 aromatic heterocycles. The molecule has 0 saturated carbocycles. The van der Waals surface area contributed by atoms with Gasteiger partial charge in [-0.3, -0.25) is 0 Å². The summed E-state index contributed by atoms with van der Waals surface area (Å²) in [5.74, 6) is 0. The Morgan fingerprint density at radius 2 is 2.07 bits per heavy atom. The molecule has 80 valence electrons. The predicted octanol–water partition coefficient (Wildman–Crippen LogP) is 0.738. The van der Waals surface area contributed by atoms with Crippen LogP contribution in [0, 0.1) is 0 Å². The van der Waals surface area contributed by atoms with Crippen molar-refractivity contribution in [3.63, 3.8) is 0 Å². The number of likely N-dealkylation sites (tertiary alicyclic amines) is 1. The molecule has 0 atom stereocenters. The second kappa shape index (κ2) is 4.59. The third kappa shape index (κ3) is 2.67. The highest BCUT2D eigenvalue weighted by Crippen LogP contribution is 2.07. The van der Waals surface area contributed by atoms with E-state index in [-0.39, 0.29) is 6.10 Å². The molecule has 4 heteroatoms. The van der Waals surface area contributed by atoms with Crippen molar-refractivity contribution >= 4 is 17.3 Å². The van der Waals surface area contributed by atoms with Gasteiger partial charge in [-0.15, -0.1) is 0 Å². The van der Waals surface area contributed by atoms with Crippen LogP contribution in [0.3, 0.4) is 0 Å². The van der Waals surface area contributed by atoms with Gasteiger partial charge in [0.25, 0.3) is 0 Å².